The van der Waals surface area contributed by atoms with Crippen LogP contribution < -0.4 is 0 Å². The summed E-state index contributed by atoms with van der Waals surface area (Å²) in [5, 5.41) is 121. The van der Waals surface area contributed by atoms with Crippen molar-refractivity contribution in [2.75, 3.05) is 99.1 Å². The fraction of sp³-hybridized carbons (Fsp3) is 0.696. The number of carboxylic acids is 2. The first kappa shape index (κ1) is 81.5. The Morgan fingerprint density at radius 2 is 0.471 bits per heavy atom. The number of aliphatic carboxylic acids is 2. The summed E-state index contributed by atoms with van der Waals surface area (Å²) in [7, 11) is 0. The second-order valence-corrected chi connectivity index (χ2v) is 16.3. The molecular formula is C46H70O39. The maximum Gasteiger partial charge on any atom is 0.317 e. The highest BCUT2D eigenvalue weighted by atomic mass is 16.6. The molecule has 0 aromatic carbocycles. The standard InChI is InChI=1S/C40H58O32.C3H4O4.C3H8O3/c41-9-23(2-1-22(50)3-34(55)67-24(10-42)11-43)66-35(56)4-30(51)62-20-29(72-40(61)8-39(60)70-27(16-48)17-49)21-65-33(54)7-38(59)71-28(18-63-31(52)5-36(57)68-25(12-44)13-45)19-64-32(53)6-37(58)69-26(14-46)15-47;4-2(5)1-3(6)7;4-1-3(6)2-5/h23-29,41-49H,1-21H2;1H2,(H,4,5)(H,6,7);3-6H,1-2H2. The van der Waals surface area contributed by atoms with Crippen molar-refractivity contribution >= 4 is 83.4 Å². The second-order valence-electron chi connectivity index (χ2n) is 16.3. The second kappa shape index (κ2) is 49.7. The zero-order valence-corrected chi connectivity index (χ0v) is 45.1. The van der Waals surface area contributed by atoms with Crippen molar-refractivity contribution in [3.63, 3.8) is 0 Å². The number of rotatable bonds is 43. The third kappa shape index (κ3) is 46.4. The SMILES string of the molecule is O=C(CCC(CO)OC(=O)CC(=O)OCC(COC(=O)CC(=O)OC(COC(=O)CC(=O)OC(CO)CO)COC(=O)CC(=O)OC(CO)CO)OC(=O)CC(=O)OC(CO)CO)CC(=O)OC(CO)CO.O=C(O)CC(=O)O.OCC(O)CO. The number of aliphatic hydroxyl groups excluding tert-OH is 12. The third-order valence-corrected chi connectivity index (χ3v) is 8.89. The van der Waals surface area contributed by atoms with Crippen LogP contribution in [0.25, 0.3) is 0 Å². The van der Waals surface area contributed by atoms with Gasteiger partial charge in [-0.25, -0.2) is 0 Å². The van der Waals surface area contributed by atoms with Crippen molar-refractivity contribution in [3.05, 3.63) is 0 Å². The molecule has 85 heavy (non-hydrogen) atoms. The summed E-state index contributed by atoms with van der Waals surface area (Å²) < 4.78 is 52.9. The van der Waals surface area contributed by atoms with Crippen LogP contribution in [0.4, 0.5) is 0 Å². The fourth-order valence-electron chi connectivity index (χ4n) is 4.84. The van der Waals surface area contributed by atoms with Crippen LogP contribution in [0.3, 0.4) is 0 Å². The molecule has 0 rings (SSSR count). The molecular weight excluding hydrogens is 1180 g/mol. The Balaban J connectivity index is -0.00000459. The van der Waals surface area contributed by atoms with Gasteiger partial charge in [0.05, 0.1) is 72.7 Å². The number of carbonyl (C=O) groups is 14. The molecule has 14 N–H and O–H groups in total. The van der Waals surface area contributed by atoms with Gasteiger partial charge in [-0.05, 0) is 6.42 Å². The molecule has 0 amide bonds. The van der Waals surface area contributed by atoms with E-state index in [2.05, 4.69) is 18.9 Å². The van der Waals surface area contributed by atoms with Crippen LogP contribution in [0.5, 0.6) is 0 Å². The van der Waals surface area contributed by atoms with Gasteiger partial charge in [-0.3, -0.25) is 67.1 Å². The molecule has 0 saturated carbocycles. The molecule has 0 saturated heterocycles. The van der Waals surface area contributed by atoms with Crippen LogP contribution in [0, 0.1) is 0 Å². The average Bonchev–Trinajstić information content (AvgIpc) is 3.52. The Morgan fingerprint density at radius 1 is 0.259 bits per heavy atom. The third-order valence-electron chi connectivity index (χ3n) is 8.89. The zero-order valence-electron chi connectivity index (χ0n) is 45.1. The lowest BCUT2D eigenvalue weighted by molar-refractivity contribution is -0.176. The number of ether oxygens (including phenoxy) is 11. The van der Waals surface area contributed by atoms with Crippen molar-refractivity contribution in [1.82, 2.24) is 0 Å². The first-order valence-corrected chi connectivity index (χ1v) is 24.4. The van der Waals surface area contributed by atoms with E-state index in [9.17, 15) is 72.2 Å². The Labute approximate surface area is 479 Å². The molecule has 488 valence electrons. The number of hydrogen-bond acceptors (Lipinski definition) is 37. The highest BCUT2D eigenvalue weighted by Gasteiger charge is 2.28. The summed E-state index contributed by atoms with van der Waals surface area (Å²) in [6, 6.07) is 0. The van der Waals surface area contributed by atoms with E-state index in [1.807, 2.05) is 0 Å². The molecule has 0 fully saturated rings. The fourth-order valence-corrected chi connectivity index (χ4v) is 4.84. The number of carboxylic acid groups (broad SMARTS) is 2. The lowest BCUT2D eigenvalue weighted by Gasteiger charge is -2.20. The predicted molar refractivity (Wildman–Crippen MR) is 259 cm³/mol. The summed E-state index contributed by atoms with van der Waals surface area (Å²) in [5.74, 6) is -18.1. The van der Waals surface area contributed by atoms with Crippen molar-refractivity contribution in [1.29, 1.82) is 0 Å². The number of ketones is 1. The minimum atomic E-state index is -1.83. The van der Waals surface area contributed by atoms with Crippen LogP contribution in [0.2, 0.25) is 0 Å². The van der Waals surface area contributed by atoms with Gasteiger partial charge in [-0.15, -0.1) is 0 Å². The zero-order chi connectivity index (χ0) is 65.5. The number of hydrogen-bond donors (Lipinski definition) is 14. The van der Waals surface area contributed by atoms with E-state index in [1.165, 1.54) is 0 Å². The normalized spacial score (nSPS) is 11.4. The van der Waals surface area contributed by atoms with Gasteiger partial charge < -0.3 is 124 Å². The Bertz CT molecular complexity index is 2000. The van der Waals surface area contributed by atoms with Crippen LogP contribution >= 0.6 is 0 Å². The van der Waals surface area contributed by atoms with E-state index < -0.39 is 269 Å². The summed E-state index contributed by atoms with van der Waals surface area (Å²) in [5.41, 5.74) is 0. The number of Topliss-reactive ketones (excluding diaryl/α,β-unsaturated/α-hetero) is 1. The van der Waals surface area contributed by atoms with E-state index in [0.717, 1.165) is 0 Å². The molecule has 0 aliphatic carbocycles. The molecule has 2 atom stereocenters. The summed E-state index contributed by atoms with van der Waals surface area (Å²) in [6.45, 7) is -12.0. The lowest BCUT2D eigenvalue weighted by Crippen LogP contribution is -2.34. The monoisotopic (exact) mass is 1250 g/mol. The van der Waals surface area contributed by atoms with Gasteiger partial charge in [0.15, 0.2) is 12.2 Å². The van der Waals surface area contributed by atoms with Crippen LogP contribution in [0.15, 0.2) is 0 Å². The van der Waals surface area contributed by atoms with Crippen molar-refractivity contribution in [2.45, 2.75) is 107 Å². The Kier molecular flexibility index (Phi) is 47.7. The van der Waals surface area contributed by atoms with Crippen LogP contribution in [-0.2, 0) is 119 Å². The maximum absolute atomic E-state index is 12.8. The molecule has 0 heterocycles. The molecule has 0 aliphatic rings. The van der Waals surface area contributed by atoms with Crippen LogP contribution in [-0.4, -0.2) is 303 Å². The highest BCUT2D eigenvalue weighted by Crippen LogP contribution is 2.10. The molecule has 0 bridgehead atoms. The minimum absolute atomic E-state index is 0.347. The van der Waals surface area contributed by atoms with Gasteiger partial charge >= 0.3 is 77.6 Å². The molecule has 0 spiro atoms. The van der Waals surface area contributed by atoms with Gasteiger partial charge in [0.2, 0.25) is 0 Å². The Morgan fingerprint density at radius 3 is 0.671 bits per heavy atom. The molecule has 2 unspecified atom stereocenters. The van der Waals surface area contributed by atoms with E-state index >= 15 is 0 Å². The molecule has 0 aromatic heterocycles. The summed E-state index contributed by atoms with van der Waals surface area (Å²) in [6.07, 6.45) is -19.7. The molecule has 39 heteroatoms. The largest absolute Gasteiger partial charge is 0.481 e. The van der Waals surface area contributed by atoms with Gasteiger partial charge in [0.25, 0.3) is 0 Å². The van der Waals surface area contributed by atoms with Crippen molar-refractivity contribution < 1.29 is 191 Å². The van der Waals surface area contributed by atoms with Crippen LogP contribution in [0.1, 0.15) is 57.8 Å². The topological polar surface area (TPSA) is 624 Å². The predicted octanol–water partition coefficient (Wildman–Crippen LogP) is -9.96. The van der Waals surface area contributed by atoms with E-state index in [4.69, 9.17) is 99.5 Å². The summed E-state index contributed by atoms with van der Waals surface area (Å²) >= 11 is 0. The quantitative estimate of drug-likeness (QED) is 0.0153. The number of aliphatic hydroxyl groups is 12. The maximum atomic E-state index is 12.8. The Hall–Kier alpha value is -7.70. The average molecular weight is 1250 g/mol. The molecule has 0 radical (unpaired) electrons. The van der Waals surface area contributed by atoms with Gasteiger partial charge in [0, 0.05) is 6.42 Å². The minimum Gasteiger partial charge on any atom is -0.481 e. The van der Waals surface area contributed by atoms with Gasteiger partial charge in [0.1, 0.15) is 114 Å². The highest BCUT2D eigenvalue weighted by molar-refractivity contribution is 5.96. The molecule has 0 aliphatic heterocycles. The van der Waals surface area contributed by atoms with E-state index in [-0.39, 0.29) is 19.6 Å². The van der Waals surface area contributed by atoms with E-state index in [1.54, 1.807) is 0 Å². The number of carbonyl (C=O) groups excluding carboxylic acids is 12. The smallest absolute Gasteiger partial charge is 0.317 e. The lowest BCUT2D eigenvalue weighted by atomic mass is 10.1. The van der Waals surface area contributed by atoms with Gasteiger partial charge in [-0.1, -0.05) is 0 Å². The summed E-state index contributed by atoms with van der Waals surface area (Å²) in [4.78, 5) is 166. The molecule has 39 nitrogen and oxygen atoms in total. The van der Waals surface area contributed by atoms with Crippen molar-refractivity contribution in [3.8, 4) is 0 Å². The first-order valence-electron chi connectivity index (χ1n) is 24.4. The van der Waals surface area contributed by atoms with Gasteiger partial charge in [-0.2, -0.15) is 0 Å². The number of esters is 11. The van der Waals surface area contributed by atoms with Crippen molar-refractivity contribution in [2.24, 2.45) is 0 Å². The molecule has 0 aromatic rings. The first-order chi connectivity index (χ1) is 40.1. The van der Waals surface area contributed by atoms with E-state index in [0.29, 0.717) is 0 Å².